The summed E-state index contributed by atoms with van der Waals surface area (Å²) >= 11 is 0. The van der Waals surface area contributed by atoms with Gasteiger partial charge in [0.25, 0.3) is 0 Å². The summed E-state index contributed by atoms with van der Waals surface area (Å²) in [5.41, 5.74) is -0.497. The van der Waals surface area contributed by atoms with Crippen molar-refractivity contribution in [3.05, 3.63) is 53.6 Å². The summed E-state index contributed by atoms with van der Waals surface area (Å²) in [5.74, 6) is -2.73. The molecule has 0 bridgehead atoms. The van der Waals surface area contributed by atoms with E-state index in [0.717, 1.165) is 17.2 Å². The number of aliphatic carboxylic acids is 1. The Kier molecular flexibility index (Phi) is 4.23. The molecule has 0 saturated carbocycles. The fraction of sp³-hybridized carbons (Fsp3) is 0.267. The first kappa shape index (κ1) is 16.4. The first-order chi connectivity index (χ1) is 10.2. The molecule has 2 unspecified atom stereocenters. The number of aryl methyl sites for hydroxylation is 2. The van der Waals surface area contributed by atoms with Crippen LogP contribution in [0.25, 0.3) is 0 Å². The predicted molar refractivity (Wildman–Crippen MR) is 80.6 cm³/mol. The number of rotatable bonds is 4. The zero-order valence-corrected chi connectivity index (χ0v) is 13.0. The Hall–Kier alpha value is -1.96. The number of sulfonamides is 1. The van der Waals surface area contributed by atoms with Crippen molar-refractivity contribution in [2.24, 2.45) is 5.92 Å². The zero-order chi connectivity index (χ0) is 16.5. The molecule has 2 atom stereocenters. The maximum Gasteiger partial charge on any atom is 0.315 e. The van der Waals surface area contributed by atoms with E-state index in [0.29, 0.717) is 0 Å². The summed E-state index contributed by atoms with van der Waals surface area (Å²) in [5, 5.41) is 19.6. The second kappa shape index (κ2) is 5.68. The third kappa shape index (κ3) is 3.11. The Balaban J connectivity index is 2.38. The Morgan fingerprint density at radius 2 is 1.91 bits per heavy atom. The van der Waals surface area contributed by atoms with Gasteiger partial charge in [-0.25, -0.2) is 8.42 Å². The number of carboxylic acid groups (broad SMARTS) is 1. The molecule has 0 aliphatic heterocycles. The lowest BCUT2D eigenvalue weighted by Gasteiger charge is -2.31. The molecule has 0 spiro atoms. The van der Waals surface area contributed by atoms with Crippen LogP contribution in [0.3, 0.4) is 0 Å². The average Bonchev–Trinajstić information content (AvgIpc) is 2.40. The molecule has 0 saturated heterocycles. The van der Waals surface area contributed by atoms with E-state index in [1.54, 1.807) is 13.0 Å². The molecule has 6 nitrogen and oxygen atoms in total. The molecule has 1 aliphatic carbocycles. The van der Waals surface area contributed by atoms with Crippen LogP contribution in [0.1, 0.15) is 11.1 Å². The van der Waals surface area contributed by atoms with E-state index in [1.807, 2.05) is 6.92 Å². The minimum Gasteiger partial charge on any atom is -0.481 e. The van der Waals surface area contributed by atoms with Crippen LogP contribution in [0.5, 0.6) is 0 Å². The van der Waals surface area contributed by atoms with E-state index in [4.69, 9.17) is 5.11 Å². The fourth-order valence-electron chi connectivity index (χ4n) is 2.15. The molecule has 0 radical (unpaired) electrons. The molecular weight excluding hydrogens is 306 g/mol. The third-order valence-corrected chi connectivity index (χ3v) is 5.06. The fourth-order valence-corrected chi connectivity index (χ4v) is 3.47. The monoisotopic (exact) mass is 323 g/mol. The lowest BCUT2D eigenvalue weighted by atomic mass is 9.92. The van der Waals surface area contributed by atoms with E-state index >= 15 is 0 Å². The highest BCUT2D eigenvalue weighted by molar-refractivity contribution is 7.89. The van der Waals surface area contributed by atoms with Gasteiger partial charge >= 0.3 is 5.97 Å². The number of hydrogen-bond acceptors (Lipinski definition) is 4. The van der Waals surface area contributed by atoms with E-state index in [2.05, 4.69) is 4.72 Å². The van der Waals surface area contributed by atoms with Gasteiger partial charge in [0.2, 0.25) is 10.0 Å². The summed E-state index contributed by atoms with van der Waals surface area (Å²) in [6, 6.07) is 4.53. The smallest absolute Gasteiger partial charge is 0.315 e. The molecule has 0 heterocycles. The van der Waals surface area contributed by atoms with Crippen molar-refractivity contribution in [2.45, 2.75) is 24.5 Å². The summed E-state index contributed by atoms with van der Waals surface area (Å²) < 4.78 is 26.9. The van der Waals surface area contributed by atoms with E-state index in [1.165, 1.54) is 30.4 Å². The minimum atomic E-state index is -4.07. The van der Waals surface area contributed by atoms with E-state index < -0.39 is 27.6 Å². The molecule has 1 aromatic rings. The molecule has 1 aromatic carbocycles. The van der Waals surface area contributed by atoms with E-state index in [9.17, 15) is 18.3 Å². The molecule has 2 rings (SSSR count). The van der Waals surface area contributed by atoms with Gasteiger partial charge in [0.15, 0.2) is 5.72 Å². The molecule has 0 amide bonds. The summed E-state index contributed by atoms with van der Waals surface area (Å²) in [4.78, 5) is 11.2. The topological polar surface area (TPSA) is 104 Å². The predicted octanol–water partition coefficient (Wildman–Crippen LogP) is 1.10. The van der Waals surface area contributed by atoms with Gasteiger partial charge in [0.05, 0.1) is 4.90 Å². The highest BCUT2D eigenvalue weighted by atomic mass is 32.2. The molecule has 1 aliphatic rings. The van der Waals surface area contributed by atoms with Crippen LogP contribution in [0.4, 0.5) is 0 Å². The van der Waals surface area contributed by atoms with Gasteiger partial charge in [-0.2, -0.15) is 4.72 Å². The summed E-state index contributed by atoms with van der Waals surface area (Å²) in [6.07, 6.45) is 5.18. The van der Waals surface area contributed by atoms with Crippen LogP contribution in [0.2, 0.25) is 0 Å². The van der Waals surface area contributed by atoms with E-state index in [-0.39, 0.29) is 4.90 Å². The number of hydrogen-bond donors (Lipinski definition) is 3. The zero-order valence-electron chi connectivity index (χ0n) is 12.1. The van der Waals surface area contributed by atoms with Crippen LogP contribution < -0.4 is 4.72 Å². The molecule has 0 fully saturated rings. The number of allylic oxidation sites excluding steroid dienone is 2. The number of nitrogens with one attached hydrogen (secondary N) is 1. The first-order valence-corrected chi connectivity index (χ1v) is 8.06. The highest BCUT2D eigenvalue weighted by Crippen LogP contribution is 2.25. The lowest BCUT2D eigenvalue weighted by molar-refractivity contribution is -0.146. The first-order valence-electron chi connectivity index (χ1n) is 6.58. The Labute approximate surface area is 128 Å². The Morgan fingerprint density at radius 3 is 2.50 bits per heavy atom. The van der Waals surface area contributed by atoms with Gasteiger partial charge in [-0.3, -0.25) is 4.79 Å². The largest absolute Gasteiger partial charge is 0.481 e. The van der Waals surface area contributed by atoms with Crippen LogP contribution in [0, 0.1) is 19.8 Å². The minimum absolute atomic E-state index is 0.0314. The van der Waals surface area contributed by atoms with Crippen molar-refractivity contribution in [1.29, 1.82) is 0 Å². The van der Waals surface area contributed by atoms with Gasteiger partial charge < -0.3 is 10.2 Å². The third-order valence-electron chi connectivity index (χ3n) is 3.59. The molecule has 7 heteroatoms. The van der Waals surface area contributed by atoms with Gasteiger partial charge in [0.1, 0.15) is 5.92 Å². The van der Waals surface area contributed by atoms with Crippen molar-refractivity contribution >= 4 is 16.0 Å². The quantitative estimate of drug-likeness (QED) is 0.720. The molecule has 3 N–H and O–H groups in total. The standard InChI is InChI=1S/C15H17NO5S/c1-10-6-7-12(9-11(10)2)22(20,21)16-15(19)8-4-3-5-13(15)14(17)18/h3-9,13,16,19H,1-2H3,(H,17,18). The van der Waals surface area contributed by atoms with Crippen molar-refractivity contribution in [1.82, 2.24) is 4.72 Å². The SMILES string of the molecule is Cc1ccc(S(=O)(=O)NC2(O)C=CC=CC2C(=O)O)cc1C. The Bertz CT molecular complexity index is 766. The number of benzene rings is 1. The van der Waals surface area contributed by atoms with Gasteiger partial charge in [0, 0.05) is 0 Å². The van der Waals surface area contributed by atoms with Crippen LogP contribution in [0.15, 0.2) is 47.4 Å². The highest BCUT2D eigenvalue weighted by Gasteiger charge is 2.42. The average molecular weight is 323 g/mol. The van der Waals surface area contributed by atoms with Crippen molar-refractivity contribution in [3.8, 4) is 0 Å². The van der Waals surface area contributed by atoms with Crippen molar-refractivity contribution in [3.63, 3.8) is 0 Å². The molecule has 118 valence electrons. The maximum absolute atomic E-state index is 12.4. The molecule has 22 heavy (non-hydrogen) atoms. The van der Waals surface area contributed by atoms with Crippen LogP contribution in [-0.2, 0) is 14.8 Å². The summed E-state index contributed by atoms with van der Waals surface area (Å²) in [6.45, 7) is 3.62. The van der Waals surface area contributed by atoms with Crippen LogP contribution in [-0.4, -0.2) is 30.3 Å². The van der Waals surface area contributed by atoms with Gasteiger partial charge in [-0.15, -0.1) is 0 Å². The van der Waals surface area contributed by atoms with Crippen molar-refractivity contribution in [2.75, 3.05) is 0 Å². The van der Waals surface area contributed by atoms with Crippen molar-refractivity contribution < 1.29 is 23.4 Å². The molecular formula is C15H17NO5S. The second-order valence-electron chi connectivity index (χ2n) is 5.24. The van der Waals surface area contributed by atoms with Crippen LogP contribution >= 0.6 is 0 Å². The number of carbonyl (C=O) groups is 1. The maximum atomic E-state index is 12.4. The summed E-state index contributed by atoms with van der Waals surface area (Å²) in [7, 11) is -4.07. The molecule has 0 aromatic heterocycles. The Morgan fingerprint density at radius 1 is 1.23 bits per heavy atom. The second-order valence-corrected chi connectivity index (χ2v) is 6.92. The number of aliphatic hydroxyl groups is 1. The van der Waals surface area contributed by atoms with Gasteiger partial charge in [-0.05, 0) is 43.2 Å². The van der Waals surface area contributed by atoms with Gasteiger partial charge in [-0.1, -0.05) is 24.3 Å². The number of carboxylic acids is 1. The lowest BCUT2D eigenvalue weighted by Crippen LogP contribution is -2.54. The normalized spacial score (nSPS) is 24.4.